The van der Waals surface area contributed by atoms with Gasteiger partial charge in [-0.15, -0.1) is 0 Å². The van der Waals surface area contributed by atoms with Crippen LogP contribution in [0.15, 0.2) is 133 Å². The van der Waals surface area contributed by atoms with E-state index < -0.39 is 0 Å². The lowest BCUT2D eigenvalue weighted by Crippen LogP contribution is -2.00. The lowest BCUT2D eigenvalue weighted by Gasteiger charge is -2.17. The molecule has 42 heavy (non-hydrogen) atoms. The lowest BCUT2D eigenvalue weighted by atomic mass is 9.93. The highest BCUT2D eigenvalue weighted by atomic mass is 15.0. The monoisotopic (exact) mass is 534 g/mol. The van der Waals surface area contributed by atoms with Crippen molar-refractivity contribution in [1.82, 2.24) is 9.13 Å². The number of nitriles is 1. The molecule has 6 aromatic carbocycles. The van der Waals surface area contributed by atoms with Crippen LogP contribution in [-0.4, -0.2) is 9.13 Å². The summed E-state index contributed by atoms with van der Waals surface area (Å²) in [6, 6.07) is 47.7. The van der Waals surface area contributed by atoms with E-state index in [-0.39, 0.29) is 0 Å². The van der Waals surface area contributed by atoms with Gasteiger partial charge >= 0.3 is 0 Å². The molecular weight excluding hydrogens is 512 g/mol. The van der Waals surface area contributed by atoms with Gasteiger partial charge in [0.25, 0.3) is 0 Å². The van der Waals surface area contributed by atoms with Crippen LogP contribution in [0.5, 0.6) is 0 Å². The van der Waals surface area contributed by atoms with Gasteiger partial charge in [0.05, 0.1) is 34.7 Å². The highest BCUT2D eigenvalue weighted by Gasteiger charge is 2.26. The first-order valence-corrected chi connectivity index (χ1v) is 13.8. The van der Waals surface area contributed by atoms with Gasteiger partial charge in [-0.05, 0) is 48.5 Å². The van der Waals surface area contributed by atoms with Crippen molar-refractivity contribution in [3.8, 4) is 28.6 Å². The third kappa shape index (κ3) is 3.27. The Hall–Kier alpha value is -6.10. The standard InChI is InChI=1S/C38H22N4/c1-40-32-20-12-13-25(24-39)35(32)36-37-30(28-18-8-10-21-33(28)41(37)26-14-4-2-5-15-26)23-31-29-19-9-11-22-34(29)42(38(31)36)27-16-6-3-7-17-27/h2-23H. The minimum absolute atomic E-state index is 0.456. The summed E-state index contributed by atoms with van der Waals surface area (Å²) in [6.45, 7) is 8.17. The number of aromatic nitrogens is 2. The molecule has 0 spiro atoms. The summed E-state index contributed by atoms with van der Waals surface area (Å²) < 4.78 is 4.57. The number of nitrogens with zero attached hydrogens (tertiary/aromatic N) is 4. The first kappa shape index (κ1) is 23.8. The average Bonchev–Trinajstić information content (AvgIpc) is 3.57. The lowest BCUT2D eigenvalue weighted by molar-refractivity contribution is 1.17. The molecule has 0 saturated carbocycles. The fraction of sp³-hybridized carbons (Fsp3) is 0. The Labute approximate surface area is 242 Å². The van der Waals surface area contributed by atoms with Crippen molar-refractivity contribution < 1.29 is 0 Å². The van der Waals surface area contributed by atoms with Gasteiger partial charge in [-0.2, -0.15) is 5.26 Å². The second-order valence-corrected chi connectivity index (χ2v) is 10.3. The molecule has 8 aromatic rings. The van der Waals surface area contributed by atoms with Crippen molar-refractivity contribution in [1.29, 1.82) is 5.26 Å². The molecule has 0 aliphatic heterocycles. The third-order valence-electron chi connectivity index (χ3n) is 8.15. The second-order valence-electron chi connectivity index (χ2n) is 10.3. The van der Waals surface area contributed by atoms with Crippen molar-refractivity contribution in [3.63, 3.8) is 0 Å². The van der Waals surface area contributed by atoms with E-state index in [1.165, 1.54) is 0 Å². The topological polar surface area (TPSA) is 38.0 Å². The number of fused-ring (bicyclic) bond motifs is 6. The molecule has 0 unspecified atom stereocenters. The molecule has 0 bridgehead atoms. The van der Waals surface area contributed by atoms with Crippen molar-refractivity contribution in [2.45, 2.75) is 0 Å². The minimum Gasteiger partial charge on any atom is -0.309 e. The Morgan fingerprint density at radius 2 is 1.02 bits per heavy atom. The smallest absolute Gasteiger partial charge is 0.196 e. The predicted molar refractivity (Wildman–Crippen MR) is 172 cm³/mol. The first-order valence-electron chi connectivity index (χ1n) is 13.8. The summed E-state index contributed by atoms with van der Waals surface area (Å²) in [7, 11) is 0. The molecule has 4 heteroatoms. The maximum atomic E-state index is 10.4. The Bertz CT molecular complexity index is 2250. The molecule has 8 rings (SSSR count). The van der Waals surface area contributed by atoms with E-state index in [0.29, 0.717) is 16.8 Å². The minimum atomic E-state index is 0.456. The molecule has 0 fully saturated rings. The summed E-state index contributed by atoms with van der Waals surface area (Å²) >= 11 is 0. The highest BCUT2D eigenvalue weighted by molar-refractivity contribution is 6.26. The quantitative estimate of drug-likeness (QED) is 0.208. The van der Waals surface area contributed by atoms with Gasteiger partial charge in [0.15, 0.2) is 5.69 Å². The average molecular weight is 535 g/mol. The van der Waals surface area contributed by atoms with E-state index in [1.807, 2.05) is 48.5 Å². The predicted octanol–water partition coefficient (Wildman–Crippen LogP) is 9.97. The van der Waals surface area contributed by atoms with Crippen molar-refractivity contribution in [2.75, 3.05) is 0 Å². The van der Waals surface area contributed by atoms with Crippen LogP contribution in [0.2, 0.25) is 0 Å². The molecule has 2 aromatic heterocycles. The number of hydrogen-bond donors (Lipinski definition) is 0. The molecule has 0 N–H and O–H groups in total. The SMILES string of the molecule is [C-]#[N+]c1cccc(C#N)c1-c1c2c(cc3c4ccccc4n(-c4ccccc4)c13)c1ccccc1n2-c1ccccc1. The number of para-hydroxylation sites is 4. The fourth-order valence-corrected chi connectivity index (χ4v) is 6.49. The van der Waals surface area contributed by atoms with Gasteiger partial charge in [-0.1, -0.05) is 84.9 Å². The largest absolute Gasteiger partial charge is 0.309 e. The summed E-state index contributed by atoms with van der Waals surface area (Å²) in [4.78, 5) is 3.96. The van der Waals surface area contributed by atoms with Crippen molar-refractivity contribution in [2.24, 2.45) is 0 Å². The summed E-state index contributed by atoms with van der Waals surface area (Å²) in [5.41, 5.74) is 8.60. The summed E-state index contributed by atoms with van der Waals surface area (Å²) in [5, 5.41) is 14.8. The second kappa shape index (κ2) is 9.24. The van der Waals surface area contributed by atoms with E-state index in [4.69, 9.17) is 6.57 Å². The molecule has 0 radical (unpaired) electrons. The van der Waals surface area contributed by atoms with Gasteiger partial charge in [0.1, 0.15) is 0 Å². The molecular formula is C38H22N4. The van der Waals surface area contributed by atoms with Crippen LogP contribution >= 0.6 is 0 Å². The maximum absolute atomic E-state index is 10.4. The molecule has 0 amide bonds. The first-order chi connectivity index (χ1) is 20.8. The van der Waals surface area contributed by atoms with Crippen molar-refractivity contribution in [3.05, 3.63) is 150 Å². The molecule has 0 saturated heterocycles. The Morgan fingerprint density at radius 1 is 0.524 bits per heavy atom. The van der Waals surface area contributed by atoms with Crippen LogP contribution < -0.4 is 0 Å². The van der Waals surface area contributed by atoms with E-state index in [1.54, 1.807) is 6.07 Å². The molecule has 0 aliphatic rings. The number of rotatable bonds is 3. The molecule has 2 heterocycles. The zero-order valence-corrected chi connectivity index (χ0v) is 22.5. The van der Waals surface area contributed by atoms with Crippen LogP contribution in [0, 0.1) is 17.9 Å². The van der Waals surface area contributed by atoms with Crippen LogP contribution in [-0.2, 0) is 0 Å². The van der Waals surface area contributed by atoms with E-state index in [9.17, 15) is 5.26 Å². The Kier molecular flexibility index (Phi) is 5.22. The van der Waals surface area contributed by atoms with Gasteiger partial charge < -0.3 is 9.13 Å². The fourth-order valence-electron chi connectivity index (χ4n) is 6.49. The van der Waals surface area contributed by atoms with Crippen LogP contribution in [0.4, 0.5) is 5.69 Å². The zero-order valence-electron chi connectivity index (χ0n) is 22.5. The zero-order chi connectivity index (χ0) is 28.2. The van der Waals surface area contributed by atoms with Gasteiger partial charge in [-0.25, -0.2) is 4.85 Å². The third-order valence-corrected chi connectivity index (χ3v) is 8.15. The molecule has 0 aliphatic carbocycles. The Morgan fingerprint density at radius 3 is 1.52 bits per heavy atom. The van der Waals surface area contributed by atoms with E-state index in [0.717, 1.165) is 60.5 Å². The van der Waals surface area contributed by atoms with Gasteiger partial charge in [0, 0.05) is 49.6 Å². The normalized spacial score (nSPS) is 11.3. The Balaban J connectivity index is 1.76. The van der Waals surface area contributed by atoms with Gasteiger partial charge in [-0.3, -0.25) is 0 Å². The number of hydrogen-bond acceptors (Lipinski definition) is 1. The van der Waals surface area contributed by atoms with Crippen molar-refractivity contribution >= 4 is 49.3 Å². The summed E-state index contributed by atoms with van der Waals surface area (Å²) in [5.74, 6) is 0. The van der Waals surface area contributed by atoms with Crippen LogP contribution in [0.3, 0.4) is 0 Å². The maximum Gasteiger partial charge on any atom is 0.196 e. The van der Waals surface area contributed by atoms with Crippen LogP contribution in [0.25, 0.3) is 71.0 Å². The molecule has 194 valence electrons. The molecule has 4 nitrogen and oxygen atoms in total. The number of benzene rings is 6. The highest BCUT2D eigenvalue weighted by Crippen LogP contribution is 2.49. The van der Waals surface area contributed by atoms with Crippen LogP contribution in [0.1, 0.15) is 5.56 Å². The molecule has 0 atom stereocenters. The van der Waals surface area contributed by atoms with Gasteiger partial charge in [0.2, 0.25) is 0 Å². The summed E-state index contributed by atoms with van der Waals surface area (Å²) in [6.07, 6.45) is 0. The van der Waals surface area contributed by atoms with E-state index in [2.05, 4.69) is 98.9 Å². The van der Waals surface area contributed by atoms with E-state index >= 15 is 0 Å².